The predicted molar refractivity (Wildman–Crippen MR) is 82.1 cm³/mol. The molecule has 1 aromatic carbocycles. The van der Waals surface area contributed by atoms with Crippen molar-refractivity contribution >= 4 is 11.7 Å². The summed E-state index contributed by atoms with van der Waals surface area (Å²) in [6, 6.07) is 9.89. The van der Waals surface area contributed by atoms with Gasteiger partial charge in [0.15, 0.2) is 11.5 Å². The zero-order valence-corrected chi connectivity index (χ0v) is 12.3. The fourth-order valence-electron chi connectivity index (χ4n) is 2.63. The molecule has 1 saturated heterocycles. The van der Waals surface area contributed by atoms with Gasteiger partial charge in [0.05, 0.1) is 12.6 Å². The van der Waals surface area contributed by atoms with Gasteiger partial charge in [0.1, 0.15) is 6.10 Å². The smallest absolute Gasteiger partial charge is 0.276 e. The number of aromatic nitrogens is 2. The van der Waals surface area contributed by atoms with Crippen LogP contribution < -0.4 is 5.73 Å². The van der Waals surface area contributed by atoms with Crippen molar-refractivity contribution in [3.05, 3.63) is 54.0 Å². The summed E-state index contributed by atoms with van der Waals surface area (Å²) in [5, 5.41) is 0. The van der Waals surface area contributed by atoms with Crippen LogP contribution in [0.5, 0.6) is 0 Å². The van der Waals surface area contributed by atoms with E-state index in [1.54, 1.807) is 4.90 Å². The van der Waals surface area contributed by atoms with Crippen LogP contribution in [0.3, 0.4) is 0 Å². The number of carbonyl (C=O) groups is 1. The lowest BCUT2D eigenvalue weighted by molar-refractivity contribution is -0.0692. The molecule has 0 bridgehead atoms. The van der Waals surface area contributed by atoms with Crippen molar-refractivity contribution in [2.75, 3.05) is 18.8 Å². The zero-order chi connectivity index (χ0) is 15.5. The van der Waals surface area contributed by atoms with E-state index in [1.165, 1.54) is 12.4 Å². The summed E-state index contributed by atoms with van der Waals surface area (Å²) in [6.07, 6.45) is 2.75. The third-order valence-corrected chi connectivity index (χ3v) is 3.65. The van der Waals surface area contributed by atoms with E-state index < -0.39 is 0 Å². The Balaban J connectivity index is 1.82. The first-order valence-electron chi connectivity index (χ1n) is 7.21. The van der Waals surface area contributed by atoms with Crippen molar-refractivity contribution in [1.82, 2.24) is 14.9 Å². The van der Waals surface area contributed by atoms with E-state index in [-0.39, 0.29) is 29.6 Å². The Morgan fingerprint density at radius 3 is 2.68 bits per heavy atom. The highest BCUT2D eigenvalue weighted by atomic mass is 16.5. The molecule has 0 radical (unpaired) electrons. The molecule has 1 aliphatic heterocycles. The second-order valence-corrected chi connectivity index (χ2v) is 5.35. The van der Waals surface area contributed by atoms with Gasteiger partial charge in [0.2, 0.25) is 0 Å². The van der Waals surface area contributed by atoms with Gasteiger partial charge in [-0.25, -0.2) is 9.97 Å². The molecule has 2 N–H and O–H groups in total. The fourth-order valence-corrected chi connectivity index (χ4v) is 2.63. The molecular weight excluding hydrogens is 280 g/mol. The molecule has 22 heavy (non-hydrogen) atoms. The normalized spacial score (nSPS) is 21.6. The molecule has 2 aromatic rings. The van der Waals surface area contributed by atoms with Gasteiger partial charge in [-0.2, -0.15) is 0 Å². The number of hydrogen-bond acceptors (Lipinski definition) is 5. The Kier molecular flexibility index (Phi) is 4.02. The van der Waals surface area contributed by atoms with Crippen molar-refractivity contribution in [2.24, 2.45) is 0 Å². The van der Waals surface area contributed by atoms with Crippen LogP contribution in [0.4, 0.5) is 5.82 Å². The van der Waals surface area contributed by atoms with Crippen LogP contribution in [-0.2, 0) is 4.74 Å². The Labute approximate surface area is 128 Å². The minimum absolute atomic E-state index is 0.0548. The number of nitrogens with zero attached hydrogens (tertiary/aromatic N) is 3. The summed E-state index contributed by atoms with van der Waals surface area (Å²) < 4.78 is 5.96. The van der Waals surface area contributed by atoms with Crippen molar-refractivity contribution < 1.29 is 9.53 Å². The molecule has 1 aliphatic rings. The Hall–Kier alpha value is -2.47. The number of anilines is 1. The Morgan fingerprint density at radius 2 is 1.95 bits per heavy atom. The maximum Gasteiger partial charge on any atom is 0.276 e. The number of hydrogen-bond donors (Lipinski definition) is 1. The second-order valence-electron chi connectivity index (χ2n) is 5.35. The van der Waals surface area contributed by atoms with Gasteiger partial charge >= 0.3 is 0 Å². The standard InChI is InChI=1S/C16H18N4O2/c1-11-9-20(16(21)14-15(17)19-8-7-18-14)10-13(22-11)12-5-3-2-4-6-12/h2-8,11,13H,9-10H2,1H3,(H2,17,19). The molecule has 0 aliphatic carbocycles. The molecule has 1 fully saturated rings. The number of benzene rings is 1. The summed E-state index contributed by atoms with van der Waals surface area (Å²) in [5.41, 5.74) is 7.01. The molecular formula is C16H18N4O2. The zero-order valence-electron chi connectivity index (χ0n) is 12.3. The van der Waals surface area contributed by atoms with Gasteiger partial charge < -0.3 is 15.4 Å². The number of morpholine rings is 1. The van der Waals surface area contributed by atoms with Gasteiger partial charge in [0.25, 0.3) is 5.91 Å². The largest absolute Gasteiger partial charge is 0.382 e. The number of ether oxygens (including phenoxy) is 1. The van der Waals surface area contributed by atoms with E-state index >= 15 is 0 Å². The van der Waals surface area contributed by atoms with Crippen LogP contribution in [0, 0.1) is 0 Å². The fraction of sp³-hybridized carbons (Fsp3) is 0.312. The molecule has 2 heterocycles. The lowest BCUT2D eigenvalue weighted by Gasteiger charge is -2.37. The van der Waals surface area contributed by atoms with E-state index in [0.717, 1.165) is 5.56 Å². The Morgan fingerprint density at radius 1 is 1.23 bits per heavy atom. The van der Waals surface area contributed by atoms with Gasteiger partial charge in [-0.05, 0) is 12.5 Å². The number of amides is 1. The summed E-state index contributed by atoms with van der Waals surface area (Å²) in [4.78, 5) is 22.3. The summed E-state index contributed by atoms with van der Waals surface area (Å²) >= 11 is 0. The summed E-state index contributed by atoms with van der Waals surface area (Å²) in [7, 11) is 0. The van der Waals surface area contributed by atoms with Gasteiger partial charge in [0, 0.05) is 18.9 Å². The molecule has 2 unspecified atom stereocenters. The molecule has 0 spiro atoms. The molecule has 114 valence electrons. The number of nitrogen functional groups attached to an aromatic ring is 1. The highest BCUT2D eigenvalue weighted by Crippen LogP contribution is 2.26. The molecule has 6 nitrogen and oxygen atoms in total. The minimum Gasteiger partial charge on any atom is -0.382 e. The summed E-state index contributed by atoms with van der Waals surface area (Å²) in [5.74, 6) is -0.0513. The van der Waals surface area contributed by atoms with Crippen LogP contribution >= 0.6 is 0 Å². The maximum atomic E-state index is 12.6. The lowest BCUT2D eigenvalue weighted by atomic mass is 10.1. The van der Waals surface area contributed by atoms with Crippen LogP contribution in [0.25, 0.3) is 0 Å². The lowest BCUT2D eigenvalue weighted by Crippen LogP contribution is -2.46. The molecule has 0 saturated carbocycles. The monoisotopic (exact) mass is 298 g/mol. The third-order valence-electron chi connectivity index (χ3n) is 3.65. The van der Waals surface area contributed by atoms with Crippen molar-refractivity contribution in [1.29, 1.82) is 0 Å². The highest BCUT2D eigenvalue weighted by Gasteiger charge is 2.31. The van der Waals surface area contributed by atoms with Gasteiger partial charge in [-0.15, -0.1) is 0 Å². The highest BCUT2D eigenvalue weighted by molar-refractivity contribution is 5.96. The molecule has 2 atom stereocenters. The first-order valence-corrected chi connectivity index (χ1v) is 7.21. The van der Waals surface area contributed by atoms with Crippen molar-refractivity contribution in [3.63, 3.8) is 0 Å². The van der Waals surface area contributed by atoms with E-state index in [0.29, 0.717) is 13.1 Å². The van der Waals surface area contributed by atoms with Crippen LogP contribution in [0.2, 0.25) is 0 Å². The van der Waals surface area contributed by atoms with E-state index in [9.17, 15) is 4.79 Å². The van der Waals surface area contributed by atoms with Crippen LogP contribution in [0.15, 0.2) is 42.7 Å². The van der Waals surface area contributed by atoms with Crippen molar-refractivity contribution in [2.45, 2.75) is 19.1 Å². The van der Waals surface area contributed by atoms with Crippen molar-refractivity contribution in [3.8, 4) is 0 Å². The number of rotatable bonds is 2. The van der Waals surface area contributed by atoms with Gasteiger partial charge in [-0.3, -0.25) is 4.79 Å². The predicted octanol–water partition coefficient (Wildman–Crippen LogP) is 1.66. The quantitative estimate of drug-likeness (QED) is 0.912. The van der Waals surface area contributed by atoms with Gasteiger partial charge in [-0.1, -0.05) is 30.3 Å². The molecule has 6 heteroatoms. The van der Waals surface area contributed by atoms with E-state index in [4.69, 9.17) is 10.5 Å². The molecule has 1 amide bonds. The van der Waals surface area contributed by atoms with E-state index in [2.05, 4.69) is 9.97 Å². The average molecular weight is 298 g/mol. The van der Waals surface area contributed by atoms with Crippen LogP contribution in [-0.4, -0.2) is 40.0 Å². The Bertz CT molecular complexity index is 662. The second kappa shape index (κ2) is 6.11. The first-order chi connectivity index (χ1) is 10.6. The minimum atomic E-state index is -0.207. The van der Waals surface area contributed by atoms with E-state index in [1.807, 2.05) is 37.3 Å². The molecule has 1 aromatic heterocycles. The first kappa shape index (κ1) is 14.5. The SMILES string of the molecule is CC1CN(C(=O)c2nccnc2N)CC(c2ccccc2)O1. The summed E-state index contributed by atoms with van der Waals surface area (Å²) in [6.45, 7) is 2.94. The van der Waals surface area contributed by atoms with Crippen LogP contribution in [0.1, 0.15) is 29.1 Å². The maximum absolute atomic E-state index is 12.6. The molecule has 3 rings (SSSR count). The average Bonchev–Trinajstić information content (AvgIpc) is 2.55. The number of nitrogens with two attached hydrogens (primary N) is 1. The topological polar surface area (TPSA) is 81.3 Å². The third kappa shape index (κ3) is 2.92. The number of carbonyl (C=O) groups excluding carboxylic acids is 1.